The van der Waals surface area contributed by atoms with Gasteiger partial charge in [0.05, 0.1) is 0 Å². The molecule has 1 heterocycles. The molecule has 0 radical (unpaired) electrons. The molecule has 0 saturated carbocycles. The first-order chi connectivity index (χ1) is 10.8. The van der Waals surface area contributed by atoms with Crippen molar-refractivity contribution in [1.29, 1.82) is 0 Å². The van der Waals surface area contributed by atoms with Crippen LogP contribution >= 0.6 is 11.3 Å². The van der Waals surface area contributed by atoms with Crippen LogP contribution in [0.1, 0.15) is 0 Å². The summed E-state index contributed by atoms with van der Waals surface area (Å²) in [5.41, 5.74) is 0. The van der Waals surface area contributed by atoms with E-state index in [1.165, 1.54) is 31.6 Å². The van der Waals surface area contributed by atoms with E-state index in [0.717, 1.165) is 10.8 Å². The molecule has 5 aromatic rings. The second-order valence-electron chi connectivity index (χ2n) is 5.61. The molecule has 0 atom stereocenters. The monoisotopic (exact) mass is 302 g/mol. The highest BCUT2D eigenvalue weighted by Crippen LogP contribution is 2.38. The van der Waals surface area contributed by atoms with Crippen molar-refractivity contribution < 1.29 is 4.39 Å². The third-order valence-electron chi connectivity index (χ3n) is 4.29. The van der Waals surface area contributed by atoms with Gasteiger partial charge in [0.1, 0.15) is 5.82 Å². The highest BCUT2D eigenvalue weighted by molar-refractivity contribution is 7.26. The maximum Gasteiger partial charge on any atom is 0.131 e. The van der Waals surface area contributed by atoms with E-state index in [-0.39, 0.29) is 5.82 Å². The summed E-state index contributed by atoms with van der Waals surface area (Å²) in [5.74, 6) is -0.153. The Bertz CT molecular complexity index is 1180. The first-order valence-corrected chi connectivity index (χ1v) is 8.04. The molecule has 104 valence electrons. The maximum absolute atomic E-state index is 14.1. The number of fused-ring (bicyclic) bond motifs is 5. The quantitative estimate of drug-likeness (QED) is 0.306. The Morgan fingerprint density at radius 3 is 2.05 bits per heavy atom. The highest BCUT2D eigenvalue weighted by atomic mass is 32.1. The lowest BCUT2D eigenvalue weighted by Gasteiger charge is -2.01. The third kappa shape index (κ3) is 1.62. The van der Waals surface area contributed by atoms with E-state index in [9.17, 15) is 4.39 Å². The van der Waals surface area contributed by atoms with Crippen LogP contribution < -0.4 is 0 Å². The molecular weight excluding hydrogens is 291 g/mol. The number of rotatable bonds is 0. The smallest absolute Gasteiger partial charge is 0.131 e. The summed E-state index contributed by atoms with van der Waals surface area (Å²) in [6, 6.07) is 22.2. The van der Waals surface area contributed by atoms with Crippen molar-refractivity contribution in [2.75, 3.05) is 0 Å². The standard InChI is InChI=1S/C20H11FS/c21-18-7-3-6-14-10-20-17(11-15(14)18)16-8-12-4-1-2-5-13(12)9-19(16)22-20/h1-11H. The van der Waals surface area contributed by atoms with Crippen LogP contribution in [0, 0.1) is 5.82 Å². The van der Waals surface area contributed by atoms with Crippen molar-refractivity contribution in [3.63, 3.8) is 0 Å². The zero-order valence-corrected chi connectivity index (χ0v) is 12.5. The molecule has 0 bridgehead atoms. The molecule has 0 spiro atoms. The lowest BCUT2D eigenvalue weighted by Crippen LogP contribution is -1.78. The van der Waals surface area contributed by atoms with Gasteiger partial charge in [-0.1, -0.05) is 36.4 Å². The minimum Gasteiger partial charge on any atom is -0.206 e. The fourth-order valence-corrected chi connectivity index (χ4v) is 4.36. The average molecular weight is 302 g/mol. The Kier molecular flexibility index (Phi) is 2.36. The molecule has 0 N–H and O–H groups in total. The van der Waals surface area contributed by atoms with Gasteiger partial charge in [-0.25, -0.2) is 4.39 Å². The average Bonchev–Trinajstić information content (AvgIpc) is 2.88. The summed E-state index contributed by atoms with van der Waals surface area (Å²) < 4.78 is 16.5. The van der Waals surface area contributed by atoms with Gasteiger partial charge in [0, 0.05) is 25.6 Å². The van der Waals surface area contributed by atoms with Gasteiger partial charge in [-0.2, -0.15) is 0 Å². The molecule has 0 aliphatic carbocycles. The van der Waals surface area contributed by atoms with Crippen molar-refractivity contribution >= 4 is 53.1 Å². The lowest BCUT2D eigenvalue weighted by atomic mass is 10.0. The Labute approximate surface area is 130 Å². The Hall–Kier alpha value is -2.45. The Morgan fingerprint density at radius 2 is 1.23 bits per heavy atom. The van der Waals surface area contributed by atoms with Crippen molar-refractivity contribution in [2.45, 2.75) is 0 Å². The van der Waals surface area contributed by atoms with Gasteiger partial charge < -0.3 is 0 Å². The van der Waals surface area contributed by atoms with Crippen LogP contribution in [0.5, 0.6) is 0 Å². The fourth-order valence-electron chi connectivity index (χ4n) is 3.19. The minimum atomic E-state index is -0.153. The van der Waals surface area contributed by atoms with E-state index in [1.807, 2.05) is 12.1 Å². The predicted molar refractivity (Wildman–Crippen MR) is 94.3 cm³/mol. The Balaban J connectivity index is 2.00. The molecule has 0 aliphatic heterocycles. The van der Waals surface area contributed by atoms with Crippen LogP contribution in [0.25, 0.3) is 41.7 Å². The highest BCUT2D eigenvalue weighted by Gasteiger charge is 2.09. The number of thiophene rings is 1. The van der Waals surface area contributed by atoms with E-state index >= 15 is 0 Å². The normalized spacial score (nSPS) is 11.9. The van der Waals surface area contributed by atoms with Crippen LogP contribution in [0.3, 0.4) is 0 Å². The van der Waals surface area contributed by atoms with Crippen molar-refractivity contribution in [3.05, 3.63) is 72.5 Å². The second-order valence-corrected chi connectivity index (χ2v) is 6.69. The third-order valence-corrected chi connectivity index (χ3v) is 5.40. The minimum absolute atomic E-state index is 0.153. The number of halogens is 1. The van der Waals surface area contributed by atoms with Crippen LogP contribution in [0.15, 0.2) is 66.7 Å². The first-order valence-electron chi connectivity index (χ1n) is 7.23. The van der Waals surface area contributed by atoms with Gasteiger partial charge in [0.15, 0.2) is 0 Å². The molecular formula is C20H11FS. The molecule has 0 saturated heterocycles. The van der Waals surface area contributed by atoms with E-state index < -0.39 is 0 Å². The molecule has 0 aliphatic rings. The molecule has 22 heavy (non-hydrogen) atoms. The Morgan fingerprint density at radius 1 is 0.591 bits per heavy atom. The van der Waals surface area contributed by atoms with Crippen LogP contribution in [0.2, 0.25) is 0 Å². The summed E-state index contributed by atoms with van der Waals surface area (Å²) in [6.45, 7) is 0. The summed E-state index contributed by atoms with van der Waals surface area (Å²) in [6.07, 6.45) is 0. The molecule has 4 aromatic carbocycles. The van der Waals surface area contributed by atoms with Crippen LogP contribution in [-0.2, 0) is 0 Å². The predicted octanol–water partition coefficient (Wildman–Crippen LogP) is 6.50. The SMILES string of the molecule is Fc1cccc2cc3sc4cc5ccccc5cc4c3cc12. The molecule has 0 fully saturated rings. The van der Waals surface area contributed by atoms with E-state index in [1.54, 1.807) is 17.4 Å². The van der Waals surface area contributed by atoms with Gasteiger partial charge in [0.2, 0.25) is 0 Å². The van der Waals surface area contributed by atoms with E-state index in [0.29, 0.717) is 5.39 Å². The molecule has 0 unspecified atom stereocenters. The molecule has 0 nitrogen and oxygen atoms in total. The number of hydrogen-bond acceptors (Lipinski definition) is 1. The van der Waals surface area contributed by atoms with Crippen LogP contribution in [-0.4, -0.2) is 0 Å². The molecule has 2 heteroatoms. The first kappa shape index (κ1) is 12.1. The van der Waals surface area contributed by atoms with E-state index in [4.69, 9.17) is 0 Å². The second kappa shape index (κ2) is 4.28. The fraction of sp³-hybridized carbons (Fsp3) is 0. The van der Waals surface area contributed by atoms with Gasteiger partial charge in [-0.3, -0.25) is 0 Å². The summed E-state index contributed by atoms with van der Waals surface area (Å²) in [5, 5.41) is 6.49. The zero-order valence-electron chi connectivity index (χ0n) is 11.6. The summed E-state index contributed by atoms with van der Waals surface area (Å²) >= 11 is 1.77. The summed E-state index contributed by atoms with van der Waals surface area (Å²) in [7, 11) is 0. The zero-order chi connectivity index (χ0) is 14.7. The van der Waals surface area contributed by atoms with Gasteiger partial charge in [-0.05, 0) is 46.5 Å². The van der Waals surface area contributed by atoms with Gasteiger partial charge in [-0.15, -0.1) is 11.3 Å². The topological polar surface area (TPSA) is 0 Å². The largest absolute Gasteiger partial charge is 0.206 e. The van der Waals surface area contributed by atoms with Gasteiger partial charge in [0.25, 0.3) is 0 Å². The molecule has 5 rings (SSSR count). The van der Waals surface area contributed by atoms with Crippen molar-refractivity contribution in [1.82, 2.24) is 0 Å². The van der Waals surface area contributed by atoms with Crippen LogP contribution in [0.4, 0.5) is 4.39 Å². The molecule has 0 amide bonds. The number of hydrogen-bond donors (Lipinski definition) is 0. The molecule has 1 aromatic heterocycles. The van der Waals surface area contributed by atoms with Gasteiger partial charge >= 0.3 is 0 Å². The maximum atomic E-state index is 14.1. The van der Waals surface area contributed by atoms with Crippen molar-refractivity contribution in [3.8, 4) is 0 Å². The van der Waals surface area contributed by atoms with Crippen molar-refractivity contribution in [2.24, 2.45) is 0 Å². The summed E-state index contributed by atoms with van der Waals surface area (Å²) in [4.78, 5) is 0. The lowest BCUT2D eigenvalue weighted by molar-refractivity contribution is 0.640. The number of benzene rings is 4. The van der Waals surface area contributed by atoms with E-state index in [2.05, 4.69) is 42.5 Å².